The average Bonchev–Trinajstić information content (AvgIpc) is 3.22. The maximum absolute atomic E-state index is 12.4. The first-order valence-corrected chi connectivity index (χ1v) is 10.6. The Balaban J connectivity index is 1.43. The van der Waals surface area contributed by atoms with E-state index in [0.717, 1.165) is 22.6 Å². The fraction of sp³-hybridized carbons (Fsp3) is 0.222. The number of ether oxygens (including phenoxy) is 1. The summed E-state index contributed by atoms with van der Waals surface area (Å²) in [5.74, 6) is 0.872. The van der Waals surface area contributed by atoms with Gasteiger partial charge in [0.05, 0.1) is 6.54 Å². The van der Waals surface area contributed by atoms with Crippen molar-refractivity contribution in [3.8, 4) is 5.75 Å². The van der Waals surface area contributed by atoms with Crippen molar-refractivity contribution in [2.24, 2.45) is 0 Å². The SMILES string of the molecule is CC1(C)c2ccccc2N2CC(=O)N[C@]21/C=C/c1cccc(OCc2ccccc2)c1. The van der Waals surface area contributed by atoms with Gasteiger partial charge in [-0.1, -0.05) is 80.6 Å². The summed E-state index contributed by atoms with van der Waals surface area (Å²) in [6.07, 6.45) is 4.22. The molecule has 0 unspecified atom stereocenters. The topological polar surface area (TPSA) is 41.6 Å². The van der Waals surface area contributed by atoms with Crippen molar-refractivity contribution >= 4 is 17.7 Å². The number of benzene rings is 3. The number of nitrogens with one attached hydrogen (secondary N) is 1. The minimum absolute atomic E-state index is 0.0483. The van der Waals surface area contributed by atoms with Gasteiger partial charge in [-0.15, -0.1) is 0 Å². The van der Waals surface area contributed by atoms with Crippen molar-refractivity contribution < 1.29 is 9.53 Å². The maximum Gasteiger partial charge on any atom is 0.241 e. The molecule has 1 amide bonds. The minimum Gasteiger partial charge on any atom is -0.489 e. The van der Waals surface area contributed by atoms with Crippen LogP contribution in [0.5, 0.6) is 5.75 Å². The number of amides is 1. The van der Waals surface area contributed by atoms with Crippen LogP contribution in [0.2, 0.25) is 0 Å². The number of carbonyl (C=O) groups is 1. The fourth-order valence-electron chi connectivity index (χ4n) is 4.81. The Hall–Kier alpha value is -3.53. The third-order valence-corrected chi connectivity index (χ3v) is 6.50. The molecule has 2 aliphatic rings. The Kier molecular flexibility index (Phi) is 4.58. The summed E-state index contributed by atoms with van der Waals surface area (Å²) in [6, 6.07) is 26.6. The smallest absolute Gasteiger partial charge is 0.241 e. The summed E-state index contributed by atoms with van der Waals surface area (Å²) in [5, 5.41) is 3.27. The zero-order chi connectivity index (χ0) is 21.5. The van der Waals surface area contributed by atoms with E-state index in [2.05, 4.69) is 72.6 Å². The first kappa shape index (κ1) is 19.4. The molecule has 1 atom stereocenters. The predicted molar refractivity (Wildman–Crippen MR) is 124 cm³/mol. The van der Waals surface area contributed by atoms with Crippen LogP contribution in [-0.2, 0) is 16.8 Å². The number of para-hydroxylation sites is 1. The number of nitrogens with zero attached hydrogens (tertiary/aromatic N) is 1. The molecule has 2 heterocycles. The van der Waals surface area contributed by atoms with Crippen molar-refractivity contribution in [3.63, 3.8) is 0 Å². The van der Waals surface area contributed by atoms with Crippen molar-refractivity contribution in [2.45, 2.75) is 31.5 Å². The molecular weight excluding hydrogens is 384 g/mol. The molecule has 0 aromatic heterocycles. The zero-order valence-corrected chi connectivity index (χ0v) is 17.8. The monoisotopic (exact) mass is 410 g/mol. The molecule has 4 heteroatoms. The van der Waals surface area contributed by atoms with E-state index in [9.17, 15) is 4.79 Å². The van der Waals surface area contributed by atoms with Gasteiger partial charge in [0, 0.05) is 11.1 Å². The molecule has 3 aromatic carbocycles. The molecule has 1 fully saturated rings. The van der Waals surface area contributed by atoms with Crippen LogP contribution < -0.4 is 15.0 Å². The third kappa shape index (κ3) is 3.19. The first-order valence-electron chi connectivity index (χ1n) is 10.6. The van der Waals surface area contributed by atoms with E-state index in [-0.39, 0.29) is 11.3 Å². The molecule has 31 heavy (non-hydrogen) atoms. The van der Waals surface area contributed by atoms with Gasteiger partial charge in [0.2, 0.25) is 5.91 Å². The van der Waals surface area contributed by atoms with Crippen molar-refractivity contribution in [2.75, 3.05) is 11.4 Å². The molecule has 5 rings (SSSR count). The van der Waals surface area contributed by atoms with Crippen molar-refractivity contribution in [1.29, 1.82) is 0 Å². The van der Waals surface area contributed by atoms with Crippen LogP contribution in [-0.4, -0.2) is 18.1 Å². The largest absolute Gasteiger partial charge is 0.489 e. The molecule has 156 valence electrons. The van der Waals surface area contributed by atoms with E-state index in [1.54, 1.807) is 0 Å². The summed E-state index contributed by atoms with van der Waals surface area (Å²) < 4.78 is 5.98. The van der Waals surface area contributed by atoms with E-state index in [0.29, 0.717) is 13.2 Å². The standard InChI is InChI=1S/C27H26N2O2/c1-26(2)23-13-6-7-14-24(23)29-18-25(30)28-27(26,29)16-15-20-11-8-12-22(17-20)31-19-21-9-4-3-5-10-21/h3-17H,18-19H2,1-2H3,(H,28,30)/b16-15+/t27-/m1/s1. The Morgan fingerprint density at radius 3 is 2.61 bits per heavy atom. The van der Waals surface area contributed by atoms with Gasteiger partial charge in [-0.05, 0) is 41.0 Å². The number of rotatable bonds is 5. The van der Waals surface area contributed by atoms with E-state index in [1.165, 1.54) is 5.56 Å². The van der Waals surface area contributed by atoms with Gasteiger partial charge in [-0.2, -0.15) is 0 Å². The molecule has 3 aromatic rings. The van der Waals surface area contributed by atoms with Gasteiger partial charge < -0.3 is 15.0 Å². The van der Waals surface area contributed by atoms with Crippen molar-refractivity contribution in [3.05, 3.63) is 102 Å². The van der Waals surface area contributed by atoms with Crippen LogP contribution in [0, 0.1) is 0 Å². The van der Waals surface area contributed by atoms with Gasteiger partial charge in [0.25, 0.3) is 0 Å². The normalized spacial score (nSPS) is 21.1. The van der Waals surface area contributed by atoms with E-state index in [1.807, 2.05) is 42.5 Å². The Labute approximate surface area is 183 Å². The molecule has 2 aliphatic heterocycles. The highest BCUT2D eigenvalue weighted by Gasteiger charge is 2.59. The number of hydrogen-bond acceptors (Lipinski definition) is 3. The van der Waals surface area contributed by atoms with Gasteiger partial charge in [-0.25, -0.2) is 0 Å². The Bertz CT molecular complexity index is 1150. The van der Waals surface area contributed by atoms with Gasteiger partial charge in [0.1, 0.15) is 18.0 Å². The number of hydrogen-bond donors (Lipinski definition) is 1. The van der Waals surface area contributed by atoms with Gasteiger partial charge in [0.15, 0.2) is 0 Å². The molecule has 1 saturated heterocycles. The second kappa shape index (κ2) is 7.31. The summed E-state index contributed by atoms with van der Waals surface area (Å²) >= 11 is 0. The molecule has 0 aliphatic carbocycles. The number of fused-ring (bicyclic) bond motifs is 3. The first-order chi connectivity index (χ1) is 15.0. The zero-order valence-electron chi connectivity index (χ0n) is 17.8. The van der Waals surface area contributed by atoms with Crippen LogP contribution >= 0.6 is 0 Å². The molecule has 1 N–H and O–H groups in total. The molecule has 0 spiro atoms. The number of carbonyl (C=O) groups excluding carboxylic acids is 1. The van der Waals surface area contributed by atoms with Crippen LogP contribution in [0.1, 0.15) is 30.5 Å². The molecular formula is C27H26N2O2. The molecule has 0 radical (unpaired) electrons. The van der Waals surface area contributed by atoms with Crippen LogP contribution in [0.15, 0.2) is 84.9 Å². The second-order valence-corrected chi connectivity index (χ2v) is 8.72. The molecule has 0 saturated carbocycles. The molecule has 0 bridgehead atoms. The lowest BCUT2D eigenvalue weighted by molar-refractivity contribution is -0.118. The lowest BCUT2D eigenvalue weighted by Crippen LogP contribution is -2.58. The highest BCUT2D eigenvalue weighted by atomic mass is 16.5. The van der Waals surface area contributed by atoms with E-state index < -0.39 is 5.66 Å². The summed E-state index contributed by atoms with van der Waals surface area (Å²) in [7, 11) is 0. The van der Waals surface area contributed by atoms with Gasteiger partial charge >= 0.3 is 0 Å². The summed E-state index contributed by atoms with van der Waals surface area (Å²) in [6.45, 7) is 5.29. The van der Waals surface area contributed by atoms with E-state index >= 15 is 0 Å². The summed E-state index contributed by atoms with van der Waals surface area (Å²) in [5.41, 5.74) is 3.68. The van der Waals surface area contributed by atoms with Gasteiger partial charge in [-0.3, -0.25) is 4.79 Å². The van der Waals surface area contributed by atoms with Crippen molar-refractivity contribution in [1.82, 2.24) is 5.32 Å². The number of anilines is 1. The second-order valence-electron chi connectivity index (χ2n) is 8.72. The lowest BCUT2D eigenvalue weighted by atomic mass is 9.75. The third-order valence-electron chi connectivity index (χ3n) is 6.50. The highest BCUT2D eigenvalue weighted by Crippen LogP contribution is 2.52. The average molecular weight is 411 g/mol. The Morgan fingerprint density at radius 1 is 1.00 bits per heavy atom. The van der Waals surface area contributed by atoms with E-state index in [4.69, 9.17) is 4.74 Å². The maximum atomic E-state index is 12.4. The summed E-state index contributed by atoms with van der Waals surface area (Å²) in [4.78, 5) is 14.6. The fourth-order valence-corrected chi connectivity index (χ4v) is 4.81. The predicted octanol–water partition coefficient (Wildman–Crippen LogP) is 4.90. The quantitative estimate of drug-likeness (QED) is 0.650. The minimum atomic E-state index is -0.589. The Morgan fingerprint density at radius 2 is 1.77 bits per heavy atom. The van der Waals surface area contributed by atoms with Crippen LogP contribution in [0.3, 0.4) is 0 Å². The lowest BCUT2D eigenvalue weighted by Gasteiger charge is -2.40. The van der Waals surface area contributed by atoms with Crippen LogP contribution in [0.4, 0.5) is 5.69 Å². The molecule has 4 nitrogen and oxygen atoms in total. The highest BCUT2D eigenvalue weighted by molar-refractivity contribution is 5.91. The van der Waals surface area contributed by atoms with Crippen LogP contribution in [0.25, 0.3) is 6.08 Å².